The number of halogens is 3. The molecule has 0 N–H and O–H groups in total. The van der Waals surface area contributed by atoms with Crippen molar-refractivity contribution >= 4 is 46.4 Å². The molecule has 4 nitrogen and oxygen atoms in total. The minimum atomic E-state index is -0.290. The molecule has 0 aromatic heterocycles. The van der Waals surface area contributed by atoms with Crippen molar-refractivity contribution in [1.29, 1.82) is 0 Å². The number of Topliss-reactive ketones (excluding diaryl/α,β-unsaturated/α-hetero) is 1. The summed E-state index contributed by atoms with van der Waals surface area (Å²) in [7, 11) is 0. The molecule has 1 heterocycles. The van der Waals surface area contributed by atoms with E-state index >= 15 is 0 Å². The van der Waals surface area contributed by atoms with Gasteiger partial charge >= 0.3 is 0 Å². The number of nitrogens with zero attached hydrogens (tertiary/aromatic N) is 1. The maximum Gasteiger partial charge on any atom is 0.169 e. The average Bonchev–Trinajstić information content (AvgIpc) is 3.31. The molecule has 0 radical (unpaired) electrons. The predicted octanol–water partition coefficient (Wildman–Crippen LogP) is 7.87. The van der Waals surface area contributed by atoms with E-state index in [-0.39, 0.29) is 25.0 Å². The number of hydrogen-bond acceptors (Lipinski definition) is 4. The van der Waals surface area contributed by atoms with Gasteiger partial charge < -0.3 is 9.53 Å². The molecular formula is C33H32Cl2FNO3. The third kappa shape index (κ3) is 6.49. The Kier molecular flexibility index (Phi) is 9.36. The fourth-order valence-corrected chi connectivity index (χ4v) is 6.28. The lowest BCUT2D eigenvalue weighted by Crippen LogP contribution is -2.26. The van der Waals surface area contributed by atoms with E-state index in [1.807, 2.05) is 42.5 Å². The van der Waals surface area contributed by atoms with Crippen molar-refractivity contribution in [2.75, 3.05) is 26.3 Å². The topological polar surface area (TPSA) is 46.6 Å². The van der Waals surface area contributed by atoms with Crippen LogP contribution < -0.4 is 4.74 Å². The van der Waals surface area contributed by atoms with Crippen LogP contribution in [0.4, 0.5) is 4.39 Å². The van der Waals surface area contributed by atoms with Crippen LogP contribution in [-0.2, 0) is 11.2 Å². The quantitative estimate of drug-likeness (QED) is 0.139. The number of ketones is 1. The van der Waals surface area contributed by atoms with Gasteiger partial charge in [-0.25, -0.2) is 0 Å². The molecule has 1 aliphatic carbocycles. The summed E-state index contributed by atoms with van der Waals surface area (Å²) in [4.78, 5) is 25.7. The molecule has 0 spiro atoms. The monoisotopic (exact) mass is 579 g/mol. The zero-order chi connectivity index (χ0) is 28.1. The Balaban J connectivity index is 1.51. The van der Waals surface area contributed by atoms with Crippen LogP contribution in [0.3, 0.4) is 0 Å². The second-order valence-electron chi connectivity index (χ2n) is 10.4. The molecular weight excluding hydrogens is 548 g/mol. The third-order valence-electron chi connectivity index (χ3n) is 7.68. The number of carbonyl (C=O) groups is 2. The third-order valence-corrected chi connectivity index (χ3v) is 8.23. The van der Waals surface area contributed by atoms with Gasteiger partial charge in [0.05, 0.1) is 13.1 Å². The fraction of sp³-hybridized carbons (Fsp3) is 0.333. The number of allylic oxidation sites excluding steroid dienone is 1. The maximum absolute atomic E-state index is 12.6. The molecule has 1 aliphatic heterocycles. The van der Waals surface area contributed by atoms with Crippen LogP contribution in [0.25, 0.3) is 11.1 Å². The van der Waals surface area contributed by atoms with Gasteiger partial charge in [-0.1, -0.05) is 53.5 Å². The van der Waals surface area contributed by atoms with Gasteiger partial charge in [-0.2, -0.15) is 0 Å². The van der Waals surface area contributed by atoms with Gasteiger partial charge in [0, 0.05) is 35.2 Å². The number of hydrogen-bond donors (Lipinski definition) is 0. The first-order valence-electron chi connectivity index (χ1n) is 13.8. The molecule has 5 rings (SSSR count). The van der Waals surface area contributed by atoms with E-state index in [0.29, 0.717) is 28.3 Å². The second-order valence-corrected chi connectivity index (χ2v) is 11.2. The van der Waals surface area contributed by atoms with Crippen LogP contribution in [0, 0.1) is 0 Å². The number of ether oxygens (including phenoxy) is 1. The lowest BCUT2D eigenvalue weighted by Gasteiger charge is -2.19. The molecule has 1 saturated heterocycles. The van der Waals surface area contributed by atoms with Gasteiger partial charge in [-0.15, -0.1) is 0 Å². The second kappa shape index (κ2) is 13.1. The van der Waals surface area contributed by atoms with E-state index in [1.165, 1.54) is 0 Å². The summed E-state index contributed by atoms with van der Waals surface area (Å²) >= 11 is 12.9. The molecule has 208 valence electrons. The molecule has 2 aliphatic rings. The van der Waals surface area contributed by atoms with Crippen LogP contribution in [0.1, 0.15) is 64.7 Å². The number of likely N-dealkylation sites (tertiary alicyclic amines) is 1. The Morgan fingerprint density at radius 1 is 1.02 bits per heavy atom. The summed E-state index contributed by atoms with van der Waals surface area (Å²) in [6, 6.07) is 19.5. The summed E-state index contributed by atoms with van der Waals surface area (Å²) in [5.41, 5.74) is 6.84. The first-order chi connectivity index (χ1) is 19.5. The van der Waals surface area contributed by atoms with E-state index in [4.69, 9.17) is 27.9 Å². The van der Waals surface area contributed by atoms with Gasteiger partial charge in [0.2, 0.25) is 0 Å². The van der Waals surface area contributed by atoms with Crippen LogP contribution in [0.15, 0.2) is 60.7 Å². The Bertz CT molecular complexity index is 1420. The van der Waals surface area contributed by atoms with Gasteiger partial charge in [-0.3, -0.25) is 14.1 Å². The summed E-state index contributed by atoms with van der Waals surface area (Å²) in [5.74, 6) is 0.627. The largest absolute Gasteiger partial charge is 0.489 e. The van der Waals surface area contributed by atoms with Crippen molar-refractivity contribution in [1.82, 2.24) is 4.90 Å². The maximum atomic E-state index is 12.6. The number of carbonyl (C=O) groups excluding carboxylic acids is 2. The molecule has 1 unspecified atom stereocenters. The van der Waals surface area contributed by atoms with Crippen molar-refractivity contribution in [2.24, 2.45) is 0 Å². The molecule has 3 aromatic rings. The van der Waals surface area contributed by atoms with E-state index in [2.05, 4.69) is 17.0 Å². The molecule has 0 amide bonds. The Labute approximate surface area is 244 Å². The van der Waals surface area contributed by atoms with Gasteiger partial charge in [0.25, 0.3) is 0 Å². The van der Waals surface area contributed by atoms with Gasteiger partial charge in [-0.05, 0) is 95.8 Å². The molecule has 0 saturated carbocycles. The molecule has 3 aromatic carbocycles. The fourth-order valence-electron chi connectivity index (χ4n) is 5.76. The molecule has 40 heavy (non-hydrogen) atoms. The standard InChI is InChI=1S/C33H32Cl2FNO3/c34-25-8-12-29(31(35)20-25)30-4-1-3-23-19-24(32(39)14-18-38)7-11-28(23)33(30)22-5-9-26(10-6-22)40-27-13-17-37(21-27)16-2-15-36/h5-12,18-20,27H,1-4,13-17,21H2. The number of benzene rings is 3. The SMILES string of the molecule is O=CCC(=O)c1ccc2c(c1)CCCC(c1ccc(Cl)cc1Cl)=C2c1ccc(OC2CCN(CCCF)C2)cc1. The Morgan fingerprint density at radius 2 is 1.82 bits per heavy atom. The normalized spacial score (nSPS) is 17.4. The first-order valence-corrected chi connectivity index (χ1v) is 14.6. The van der Waals surface area contributed by atoms with E-state index in [9.17, 15) is 14.0 Å². The summed E-state index contributed by atoms with van der Waals surface area (Å²) in [6.45, 7) is 2.21. The van der Waals surface area contributed by atoms with Crippen molar-refractivity contribution in [3.05, 3.63) is 98.5 Å². The number of fused-ring (bicyclic) bond motifs is 1. The minimum Gasteiger partial charge on any atom is -0.489 e. The number of aldehydes is 1. The first kappa shape index (κ1) is 28.5. The van der Waals surface area contributed by atoms with Crippen molar-refractivity contribution in [2.45, 2.75) is 44.6 Å². The zero-order valence-electron chi connectivity index (χ0n) is 22.3. The highest BCUT2D eigenvalue weighted by Crippen LogP contribution is 2.42. The van der Waals surface area contributed by atoms with Crippen LogP contribution >= 0.6 is 23.2 Å². The van der Waals surface area contributed by atoms with Gasteiger partial charge in [0.1, 0.15) is 18.1 Å². The van der Waals surface area contributed by atoms with E-state index in [1.54, 1.807) is 6.07 Å². The van der Waals surface area contributed by atoms with E-state index in [0.717, 1.165) is 84.5 Å². The lowest BCUT2D eigenvalue weighted by atomic mass is 9.87. The van der Waals surface area contributed by atoms with Crippen LogP contribution in [-0.4, -0.2) is 49.4 Å². The highest BCUT2D eigenvalue weighted by atomic mass is 35.5. The highest BCUT2D eigenvalue weighted by molar-refractivity contribution is 6.36. The number of rotatable bonds is 10. The van der Waals surface area contributed by atoms with Gasteiger partial charge in [0.15, 0.2) is 5.78 Å². The summed E-state index contributed by atoms with van der Waals surface area (Å²) < 4.78 is 18.8. The number of aryl methyl sites for hydroxylation is 1. The predicted molar refractivity (Wildman–Crippen MR) is 159 cm³/mol. The van der Waals surface area contributed by atoms with Crippen molar-refractivity contribution in [3.63, 3.8) is 0 Å². The van der Waals surface area contributed by atoms with Crippen molar-refractivity contribution in [3.8, 4) is 5.75 Å². The van der Waals surface area contributed by atoms with Crippen LogP contribution in [0.2, 0.25) is 10.0 Å². The molecule has 0 bridgehead atoms. The Morgan fingerprint density at radius 3 is 2.58 bits per heavy atom. The average molecular weight is 581 g/mol. The molecule has 1 fully saturated rings. The van der Waals surface area contributed by atoms with E-state index < -0.39 is 0 Å². The van der Waals surface area contributed by atoms with Crippen LogP contribution in [0.5, 0.6) is 5.75 Å². The minimum absolute atomic E-state index is 0.0917. The summed E-state index contributed by atoms with van der Waals surface area (Å²) in [6.07, 6.45) is 4.60. The van der Waals surface area contributed by atoms with Crippen molar-refractivity contribution < 1.29 is 18.7 Å². The molecule has 1 atom stereocenters. The Hall–Kier alpha value is -2.99. The lowest BCUT2D eigenvalue weighted by molar-refractivity contribution is -0.107. The smallest absolute Gasteiger partial charge is 0.169 e. The zero-order valence-corrected chi connectivity index (χ0v) is 23.8. The number of alkyl halides is 1. The summed E-state index contributed by atoms with van der Waals surface area (Å²) in [5, 5.41) is 1.18. The highest BCUT2D eigenvalue weighted by Gasteiger charge is 2.25. The molecule has 7 heteroatoms.